The summed E-state index contributed by atoms with van der Waals surface area (Å²) in [4.78, 5) is 25.0. The number of nitrogens with zero attached hydrogens (tertiary/aromatic N) is 1. The smallest absolute Gasteiger partial charge is 0.307 e. The van der Waals surface area contributed by atoms with Crippen molar-refractivity contribution in [1.29, 1.82) is 0 Å². The van der Waals surface area contributed by atoms with Crippen molar-refractivity contribution in [2.75, 3.05) is 20.1 Å². The zero-order valence-corrected chi connectivity index (χ0v) is 11.9. The fraction of sp³-hybridized carbons (Fsp3) is 0.846. The zero-order chi connectivity index (χ0) is 14.1. The molecule has 1 amide bonds. The molecule has 1 fully saturated rings. The van der Waals surface area contributed by atoms with Crippen LogP contribution < -0.4 is 5.32 Å². The van der Waals surface area contributed by atoms with Gasteiger partial charge in [0, 0.05) is 19.1 Å². The van der Waals surface area contributed by atoms with E-state index in [1.807, 2.05) is 20.9 Å². The van der Waals surface area contributed by atoms with Gasteiger partial charge in [0.15, 0.2) is 0 Å². The molecule has 2 atom stereocenters. The molecule has 0 aromatic rings. The van der Waals surface area contributed by atoms with Crippen LogP contribution in [0.3, 0.4) is 0 Å². The zero-order valence-electron chi connectivity index (χ0n) is 11.9. The highest BCUT2D eigenvalue weighted by atomic mass is 16.4. The summed E-state index contributed by atoms with van der Waals surface area (Å²) in [5.74, 6) is -1.94. The summed E-state index contributed by atoms with van der Waals surface area (Å²) in [7, 11) is 2.00. The monoisotopic (exact) mass is 256 g/mol. The van der Waals surface area contributed by atoms with Crippen LogP contribution in [-0.2, 0) is 9.59 Å². The van der Waals surface area contributed by atoms with Crippen molar-refractivity contribution in [2.24, 2.45) is 17.3 Å². The highest BCUT2D eigenvalue weighted by Crippen LogP contribution is 2.58. The van der Waals surface area contributed by atoms with E-state index in [0.29, 0.717) is 12.6 Å². The van der Waals surface area contributed by atoms with E-state index < -0.39 is 17.3 Å². The van der Waals surface area contributed by atoms with Gasteiger partial charge in [-0.2, -0.15) is 0 Å². The first-order valence-electron chi connectivity index (χ1n) is 6.40. The quantitative estimate of drug-likeness (QED) is 0.737. The average molecular weight is 256 g/mol. The van der Waals surface area contributed by atoms with Crippen LogP contribution in [-0.4, -0.2) is 48.1 Å². The Morgan fingerprint density at radius 2 is 1.89 bits per heavy atom. The lowest BCUT2D eigenvalue weighted by molar-refractivity contribution is -0.140. The van der Waals surface area contributed by atoms with Crippen LogP contribution in [0.15, 0.2) is 0 Å². The van der Waals surface area contributed by atoms with E-state index in [1.54, 1.807) is 0 Å². The Morgan fingerprint density at radius 3 is 2.28 bits per heavy atom. The largest absolute Gasteiger partial charge is 0.481 e. The predicted octanol–water partition coefficient (Wildman–Crippen LogP) is 0.800. The van der Waals surface area contributed by atoms with Gasteiger partial charge in [-0.15, -0.1) is 0 Å². The molecule has 0 radical (unpaired) electrons. The number of carbonyl (C=O) groups is 2. The number of carbonyl (C=O) groups excluding carboxylic acids is 1. The molecule has 1 aliphatic rings. The summed E-state index contributed by atoms with van der Waals surface area (Å²) in [5, 5.41) is 11.8. The molecule has 0 aromatic carbocycles. The Morgan fingerprint density at radius 1 is 1.33 bits per heavy atom. The van der Waals surface area contributed by atoms with Crippen molar-refractivity contribution in [3.8, 4) is 0 Å². The molecule has 0 bridgehead atoms. The lowest BCUT2D eigenvalue weighted by Crippen LogP contribution is -2.37. The van der Waals surface area contributed by atoms with Gasteiger partial charge in [-0.1, -0.05) is 13.8 Å². The average Bonchev–Trinajstić information content (AvgIpc) is 2.81. The Balaban J connectivity index is 2.37. The van der Waals surface area contributed by atoms with Gasteiger partial charge >= 0.3 is 5.97 Å². The van der Waals surface area contributed by atoms with E-state index in [2.05, 4.69) is 24.1 Å². The minimum Gasteiger partial charge on any atom is -0.481 e. The molecule has 1 rings (SSSR count). The third-order valence-electron chi connectivity index (χ3n) is 4.02. The fourth-order valence-electron chi connectivity index (χ4n) is 2.31. The Hall–Kier alpha value is -1.10. The maximum atomic E-state index is 11.9. The summed E-state index contributed by atoms with van der Waals surface area (Å²) in [6.45, 7) is 9.17. The second kappa shape index (κ2) is 5.26. The van der Waals surface area contributed by atoms with Gasteiger partial charge in [0.1, 0.15) is 0 Å². The summed E-state index contributed by atoms with van der Waals surface area (Å²) in [6, 6.07) is 0.436. The maximum Gasteiger partial charge on any atom is 0.307 e. The van der Waals surface area contributed by atoms with Crippen LogP contribution in [0.25, 0.3) is 0 Å². The van der Waals surface area contributed by atoms with E-state index in [1.165, 1.54) is 0 Å². The van der Waals surface area contributed by atoms with Gasteiger partial charge in [-0.3, -0.25) is 9.59 Å². The van der Waals surface area contributed by atoms with E-state index in [9.17, 15) is 9.59 Å². The first-order valence-corrected chi connectivity index (χ1v) is 6.40. The van der Waals surface area contributed by atoms with Gasteiger partial charge in [0.25, 0.3) is 0 Å². The van der Waals surface area contributed by atoms with Crippen molar-refractivity contribution in [3.63, 3.8) is 0 Å². The summed E-state index contributed by atoms with van der Waals surface area (Å²) in [5.41, 5.74) is -0.417. The van der Waals surface area contributed by atoms with Crippen LogP contribution >= 0.6 is 0 Å². The minimum absolute atomic E-state index is 0.135. The van der Waals surface area contributed by atoms with Gasteiger partial charge in [-0.05, 0) is 26.3 Å². The van der Waals surface area contributed by atoms with Crippen LogP contribution in [0.5, 0.6) is 0 Å². The lowest BCUT2D eigenvalue weighted by Gasteiger charge is -2.20. The summed E-state index contributed by atoms with van der Waals surface area (Å²) >= 11 is 0. The van der Waals surface area contributed by atoms with Gasteiger partial charge in [0.2, 0.25) is 5.91 Å². The second-order valence-corrected chi connectivity index (χ2v) is 5.98. The molecule has 2 N–H and O–H groups in total. The third-order valence-corrected chi connectivity index (χ3v) is 4.02. The molecule has 104 valence electrons. The normalized spacial score (nSPS) is 25.3. The fourth-order valence-corrected chi connectivity index (χ4v) is 2.31. The van der Waals surface area contributed by atoms with Gasteiger partial charge in [0.05, 0.1) is 11.8 Å². The molecule has 0 heterocycles. The van der Waals surface area contributed by atoms with Gasteiger partial charge < -0.3 is 15.3 Å². The van der Waals surface area contributed by atoms with Crippen molar-refractivity contribution in [3.05, 3.63) is 0 Å². The molecule has 0 spiro atoms. The number of hydrogen-bond donors (Lipinski definition) is 2. The van der Waals surface area contributed by atoms with Crippen molar-refractivity contribution in [2.45, 2.75) is 33.7 Å². The standard InChI is InChI=1S/C13H24N2O3/c1-8(2)15(5)7-6-14-11(16)9-10(12(17)18)13(9,3)4/h8-10H,6-7H2,1-5H3,(H,14,16)(H,17,18). The highest BCUT2D eigenvalue weighted by Gasteiger charge is 2.65. The molecule has 1 aliphatic carbocycles. The molecule has 5 nitrogen and oxygen atoms in total. The molecule has 5 heteroatoms. The minimum atomic E-state index is -0.876. The van der Waals surface area contributed by atoms with E-state index in [0.717, 1.165) is 6.54 Å². The predicted molar refractivity (Wildman–Crippen MR) is 69.2 cm³/mol. The molecular weight excluding hydrogens is 232 g/mol. The first kappa shape index (κ1) is 15.0. The summed E-state index contributed by atoms with van der Waals surface area (Å²) in [6.07, 6.45) is 0. The van der Waals surface area contributed by atoms with E-state index in [-0.39, 0.29) is 11.8 Å². The lowest BCUT2D eigenvalue weighted by atomic mass is 10.1. The Bertz CT molecular complexity index is 339. The van der Waals surface area contributed by atoms with Gasteiger partial charge in [-0.25, -0.2) is 0 Å². The van der Waals surface area contributed by atoms with Crippen molar-refractivity contribution in [1.82, 2.24) is 10.2 Å². The Labute approximate surface area is 109 Å². The van der Waals surface area contributed by atoms with E-state index in [4.69, 9.17) is 5.11 Å². The van der Waals surface area contributed by atoms with Crippen molar-refractivity contribution >= 4 is 11.9 Å². The number of hydrogen-bond acceptors (Lipinski definition) is 3. The number of rotatable bonds is 6. The topological polar surface area (TPSA) is 69.6 Å². The number of nitrogens with one attached hydrogen (secondary N) is 1. The number of amides is 1. The van der Waals surface area contributed by atoms with Crippen LogP contribution in [0.4, 0.5) is 0 Å². The van der Waals surface area contributed by atoms with Crippen LogP contribution in [0, 0.1) is 17.3 Å². The molecule has 0 aromatic heterocycles. The highest BCUT2D eigenvalue weighted by molar-refractivity contribution is 5.91. The molecular formula is C13H24N2O3. The molecule has 1 saturated carbocycles. The second-order valence-electron chi connectivity index (χ2n) is 5.98. The van der Waals surface area contributed by atoms with E-state index >= 15 is 0 Å². The third kappa shape index (κ3) is 3.02. The molecule has 0 saturated heterocycles. The molecule has 2 unspecified atom stereocenters. The first-order chi connectivity index (χ1) is 8.19. The number of carboxylic acid groups (broad SMARTS) is 1. The number of likely N-dealkylation sites (N-methyl/N-ethyl adjacent to an activating group) is 1. The SMILES string of the molecule is CC(C)N(C)CCNC(=O)C1C(C(=O)O)C1(C)C. The number of aliphatic carboxylic acids is 1. The maximum absolute atomic E-state index is 11.9. The van der Waals surface area contributed by atoms with Crippen molar-refractivity contribution < 1.29 is 14.7 Å². The number of carboxylic acids is 1. The molecule has 18 heavy (non-hydrogen) atoms. The Kier molecular flexibility index (Phi) is 4.37. The van der Waals surface area contributed by atoms with Crippen LogP contribution in [0.2, 0.25) is 0 Å². The molecule has 0 aliphatic heterocycles. The van der Waals surface area contributed by atoms with Crippen LogP contribution in [0.1, 0.15) is 27.7 Å². The summed E-state index contributed by atoms with van der Waals surface area (Å²) < 4.78 is 0.